The summed E-state index contributed by atoms with van der Waals surface area (Å²) in [5.41, 5.74) is 6.64. The number of pyridine rings is 1. The van der Waals surface area contributed by atoms with Crippen molar-refractivity contribution in [3.8, 4) is 11.6 Å². The van der Waals surface area contributed by atoms with E-state index >= 15 is 0 Å². The van der Waals surface area contributed by atoms with Crippen LogP contribution in [0.25, 0.3) is 16.6 Å². The highest BCUT2D eigenvalue weighted by molar-refractivity contribution is 6.01. The number of rotatable bonds is 4. The van der Waals surface area contributed by atoms with E-state index in [9.17, 15) is 9.90 Å². The molecule has 6 heteroatoms. The van der Waals surface area contributed by atoms with Crippen LogP contribution in [0.4, 0.5) is 0 Å². The first-order valence-electron chi connectivity index (χ1n) is 9.61. The van der Waals surface area contributed by atoms with Gasteiger partial charge in [-0.25, -0.2) is 10.4 Å². The first-order valence-corrected chi connectivity index (χ1v) is 9.61. The lowest BCUT2D eigenvalue weighted by Gasteiger charge is -2.08. The summed E-state index contributed by atoms with van der Waals surface area (Å²) >= 11 is 0. The molecule has 0 aliphatic rings. The molecule has 0 unspecified atom stereocenters. The molecule has 30 heavy (non-hydrogen) atoms. The number of phenols is 1. The molecule has 1 amide bonds. The smallest absolute Gasteiger partial charge is 0.275 e. The third-order valence-electron chi connectivity index (χ3n) is 5.07. The highest BCUT2D eigenvalue weighted by atomic mass is 16.3. The van der Waals surface area contributed by atoms with Crippen LogP contribution >= 0.6 is 0 Å². The lowest BCUT2D eigenvalue weighted by atomic mass is 10.1. The van der Waals surface area contributed by atoms with Gasteiger partial charge in [0.1, 0.15) is 11.6 Å². The van der Waals surface area contributed by atoms with Crippen LogP contribution in [0.5, 0.6) is 5.75 Å². The number of carbonyl (C=O) groups is 1. The molecule has 0 fully saturated rings. The molecule has 2 N–H and O–H groups in total. The second kappa shape index (κ2) is 7.83. The van der Waals surface area contributed by atoms with E-state index in [1.54, 1.807) is 18.3 Å². The zero-order chi connectivity index (χ0) is 21.3. The second-order valence-electron chi connectivity index (χ2n) is 7.27. The molecule has 2 heterocycles. The third kappa shape index (κ3) is 3.67. The molecular formula is C24H22N4O2. The van der Waals surface area contributed by atoms with Crippen molar-refractivity contribution in [2.75, 3.05) is 0 Å². The van der Waals surface area contributed by atoms with Crippen LogP contribution in [0, 0.1) is 20.8 Å². The van der Waals surface area contributed by atoms with E-state index in [1.807, 2.05) is 74.0 Å². The third-order valence-corrected chi connectivity index (χ3v) is 5.07. The van der Waals surface area contributed by atoms with E-state index in [4.69, 9.17) is 0 Å². The summed E-state index contributed by atoms with van der Waals surface area (Å²) in [6.07, 6.45) is 3.43. The van der Waals surface area contributed by atoms with Crippen LogP contribution in [-0.2, 0) is 0 Å². The predicted octanol–water partition coefficient (Wildman–Crippen LogP) is 4.42. The topological polar surface area (TPSA) is 79.5 Å². The number of aromatic hydroxyl groups is 1. The normalized spacial score (nSPS) is 11.3. The average molecular weight is 398 g/mol. The van der Waals surface area contributed by atoms with Gasteiger partial charge in [0, 0.05) is 23.1 Å². The lowest BCUT2D eigenvalue weighted by Crippen LogP contribution is -2.17. The Kier molecular flexibility index (Phi) is 5.06. The van der Waals surface area contributed by atoms with Crippen LogP contribution in [0.15, 0.2) is 65.9 Å². The lowest BCUT2D eigenvalue weighted by molar-refractivity contribution is 0.0952. The standard InChI is InChI=1S/C24H22N4O2/c1-15-8-9-23(25-13-15)28-16(2)10-20(17(28)3)14-26-27-24(30)21-11-18-6-4-5-7-19(18)12-22(21)29/h4-14,29H,1-3H3,(H,27,30). The number of amides is 1. The molecular weight excluding hydrogens is 376 g/mol. The minimum absolute atomic E-state index is 0.0787. The molecule has 150 valence electrons. The van der Waals surface area contributed by atoms with E-state index in [2.05, 4.69) is 15.5 Å². The van der Waals surface area contributed by atoms with Crippen molar-refractivity contribution in [1.29, 1.82) is 0 Å². The monoisotopic (exact) mass is 398 g/mol. The Morgan fingerprint density at radius 2 is 1.80 bits per heavy atom. The van der Waals surface area contributed by atoms with Gasteiger partial charge >= 0.3 is 0 Å². The quantitative estimate of drug-likeness (QED) is 0.394. The van der Waals surface area contributed by atoms with Crippen molar-refractivity contribution in [3.05, 3.63) is 88.9 Å². The minimum atomic E-state index is -0.469. The van der Waals surface area contributed by atoms with E-state index in [1.165, 1.54) is 0 Å². The van der Waals surface area contributed by atoms with Gasteiger partial charge in [-0.3, -0.25) is 4.79 Å². The van der Waals surface area contributed by atoms with Crippen LogP contribution in [0.3, 0.4) is 0 Å². The number of benzene rings is 2. The average Bonchev–Trinajstić information content (AvgIpc) is 3.01. The van der Waals surface area contributed by atoms with Crippen LogP contribution in [0.1, 0.15) is 32.9 Å². The largest absolute Gasteiger partial charge is 0.507 e. The fourth-order valence-corrected chi connectivity index (χ4v) is 3.49. The zero-order valence-corrected chi connectivity index (χ0v) is 17.0. The summed E-state index contributed by atoms with van der Waals surface area (Å²) in [6, 6.07) is 16.8. The summed E-state index contributed by atoms with van der Waals surface area (Å²) in [7, 11) is 0. The van der Waals surface area contributed by atoms with Crippen molar-refractivity contribution in [2.24, 2.45) is 5.10 Å². The van der Waals surface area contributed by atoms with Gasteiger partial charge < -0.3 is 9.67 Å². The molecule has 0 bridgehead atoms. The van der Waals surface area contributed by atoms with Crippen LogP contribution < -0.4 is 5.43 Å². The highest BCUT2D eigenvalue weighted by Crippen LogP contribution is 2.25. The highest BCUT2D eigenvalue weighted by Gasteiger charge is 2.13. The van der Waals surface area contributed by atoms with Crippen molar-refractivity contribution in [1.82, 2.24) is 15.0 Å². The minimum Gasteiger partial charge on any atom is -0.507 e. The van der Waals surface area contributed by atoms with Gasteiger partial charge in [-0.2, -0.15) is 5.10 Å². The maximum Gasteiger partial charge on any atom is 0.275 e. The summed E-state index contributed by atoms with van der Waals surface area (Å²) in [5.74, 6) is 0.286. The molecule has 0 atom stereocenters. The summed E-state index contributed by atoms with van der Waals surface area (Å²) in [5, 5.41) is 16.0. The van der Waals surface area contributed by atoms with Gasteiger partial charge in [-0.05, 0) is 61.4 Å². The number of nitrogens with zero attached hydrogens (tertiary/aromatic N) is 3. The molecule has 4 aromatic rings. The zero-order valence-electron chi connectivity index (χ0n) is 17.0. The van der Waals surface area contributed by atoms with Gasteiger partial charge in [0.25, 0.3) is 5.91 Å². The molecule has 0 spiro atoms. The Hall–Kier alpha value is -3.93. The Morgan fingerprint density at radius 1 is 1.07 bits per heavy atom. The van der Waals surface area contributed by atoms with Gasteiger partial charge in [-0.15, -0.1) is 0 Å². The molecule has 2 aromatic heterocycles. The van der Waals surface area contributed by atoms with E-state index in [0.29, 0.717) is 0 Å². The molecule has 0 saturated heterocycles. The Balaban J connectivity index is 1.55. The summed E-state index contributed by atoms with van der Waals surface area (Å²) in [6.45, 7) is 5.98. The summed E-state index contributed by atoms with van der Waals surface area (Å²) < 4.78 is 2.04. The number of hydrogen-bond donors (Lipinski definition) is 2. The molecule has 0 aliphatic carbocycles. The molecule has 2 aromatic carbocycles. The fourth-order valence-electron chi connectivity index (χ4n) is 3.49. The molecule has 0 radical (unpaired) electrons. The maximum absolute atomic E-state index is 12.5. The van der Waals surface area contributed by atoms with Crippen molar-refractivity contribution >= 4 is 22.9 Å². The maximum atomic E-state index is 12.5. The number of fused-ring (bicyclic) bond motifs is 1. The Labute approximate surface area is 174 Å². The summed E-state index contributed by atoms with van der Waals surface area (Å²) in [4.78, 5) is 17.0. The number of phenolic OH excluding ortho intramolecular Hbond substituents is 1. The second-order valence-corrected chi connectivity index (χ2v) is 7.27. The fraction of sp³-hybridized carbons (Fsp3) is 0.125. The first kappa shape index (κ1) is 19.4. The van der Waals surface area contributed by atoms with Gasteiger partial charge in [-0.1, -0.05) is 30.3 Å². The number of aromatic nitrogens is 2. The SMILES string of the molecule is Cc1ccc(-n2c(C)cc(C=NNC(=O)c3cc4ccccc4cc3O)c2C)nc1. The van der Waals surface area contributed by atoms with Crippen molar-refractivity contribution in [2.45, 2.75) is 20.8 Å². The van der Waals surface area contributed by atoms with Crippen LogP contribution in [-0.4, -0.2) is 26.8 Å². The first-order chi connectivity index (χ1) is 14.4. The van der Waals surface area contributed by atoms with Gasteiger partial charge in [0.2, 0.25) is 0 Å². The number of carbonyl (C=O) groups excluding carboxylic acids is 1. The number of nitrogens with one attached hydrogen (secondary N) is 1. The van der Waals surface area contributed by atoms with Crippen molar-refractivity contribution in [3.63, 3.8) is 0 Å². The van der Waals surface area contributed by atoms with Crippen molar-refractivity contribution < 1.29 is 9.90 Å². The number of hydrazone groups is 1. The number of hydrogen-bond acceptors (Lipinski definition) is 4. The molecule has 6 nitrogen and oxygen atoms in total. The molecule has 0 aliphatic heterocycles. The van der Waals surface area contributed by atoms with Gasteiger partial charge in [0.15, 0.2) is 0 Å². The van der Waals surface area contributed by atoms with E-state index in [-0.39, 0.29) is 11.3 Å². The molecule has 0 saturated carbocycles. The van der Waals surface area contributed by atoms with Crippen LogP contribution in [0.2, 0.25) is 0 Å². The van der Waals surface area contributed by atoms with E-state index in [0.717, 1.165) is 39.1 Å². The number of aryl methyl sites for hydroxylation is 2. The van der Waals surface area contributed by atoms with E-state index < -0.39 is 5.91 Å². The predicted molar refractivity (Wildman–Crippen MR) is 118 cm³/mol. The Morgan fingerprint density at radius 3 is 2.50 bits per heavy atom. The Bertz CT molecular complexity index is 1270. The molecule has 4 rings (SSSR count). The van der Waals surface area contributed by atoms with Gasteiger partial charge in [0.05, 0.1) is 11.8 Å².